The molecule has 25 heavy (non-hydrogen) atoms. The van der Waals surface area contributed by atoms with E-state index in [0.29, 0.717) is 6.54 Å². The van der Waals surface area contributed by atoms with E-state index in [0.717, 1.165) is 55.0 Å². The molecule has 0 radical (unpaired) electrons. The minimum atomic E-state index is 0. The highest BCUT2D eigenvalue weighted by molar-refractivity contribution is 14.0. The van der Waals surface area contributed by atoms with Crippen LogP contribution in [0.15, 0.2) is 16.6 Å². The van der Waals surface area contributed by atoms with E-state index in [9.17, 15) is 0 Å². The Balaban J connectivity index is 0.00000312. The van der Waals surface area contributed by atoms with Gasteiger partial charge in [0.2, 0.25) is 0 Å². The van der Waals surface area contributed by atoms with E-state index < -0.39 is 0 Å². The second-order valence-electron chi connectivity index (χ2n) is 5.74. The maximum absolute atomic E-state index is 4.73. The van der Waals surface area contributed by atoms with E-state index in [1.54, 1.807) is 11.3 Å². The zero-order valence-corrected chi connectivity index (χ0v) is 18.5. The predicted octanol–water partition coefficient (Wildman–Crippen LogP) is 2.62. The molecule has 9 heteroatoms. The number of nitrogens with zero attached hydrogens (tertiary/aromatic N) is 6. The Hall–Kier alpha value is -1.23. The Bertz CT molecular complexity index is 639. The Morgan fingerprint density at radius 2 is 2.20 bits per heavy atom. The standard InChI is InChI=1S/C16H27N7S.HI/c1-5-6-8-18-16(19-12-14-21-20-13(2)23(14)4)22(3)10-7-15-17-9-11-24-15;/h9,11H,5-8,10,12H2,1-4H3,(H,18,19);1H. The molecule has 0 spiro atoms. The summed E-state index contributed by atoms with van der Waals surface area (Å²) in [6.45, 7) is 6.46. The number of rotatable bonds is 8. The largest absolute Gasteiger partial charge is 0.356 e. The fourth-order valence-electron chi connectivity index (χ4n) is 2.17. The molecule has 0 amide bonds. The van der Waals surface area contributed by atoms with E-state index in [4.69, 9.17) is 4.99 Å². The average Bonchev–Trinajstić information content (AvgIpc) is 3.20. The average molecular weight is 477 g/mol. The zero-order chi connectivity index (χ0) is 17.4. The molecule has 0 saturated heterocycles. The fourth-order valence-corrected chi connectivity index (χ4v) is 2.78. The predicted molar refractivity (Wildman–Crippen MR) is 114 cm³/mol. The summed E-state index contributed by atoms with van der Waals surface area (Å²) in [6.07, 6.45) is 5.06. The van der Waals surface area contributed by atoms with Crippen molar-refractivity contribution in [3.63, 3.8) is 0 Å². The van der Waals surface area contributed by atoms with E-state index in [1.807, 2.05) is 30.1 Å². The molecule has 0 aromatic carbocycles. The van der Waals surface area contributed by atoms with E-state index in [1.165, 1.54) is 0 Å². The van der Waals surface area contributed by atoms with Gasteiger partial charge in [0.15, 0.2) is 11.8 Å². The van der Waals surface area contributed by atoms with Gasteiger partial charge in [0.05, 0.1) is 5.01 Å². The van der Waals surface area contributed by atoms with Crippen molar-refractivity contribution in [1.29, 1.82) is 0 Å². The van der Waals surface area contributed by atoms with Gasteiger partial charge in [0.1, 0.15) is 12.4 Å². The van der Waals surface area contributed by atoms with Gasteiger partial charge in [-0.1, -0.05) is 13.3 Å². The molecule has 0 aliphatic heterocycles. The summed E-state index contributed by atoms with van der Waals surface area (Å²) in [7, 11) is 4.03. The topological polar surface area (TPSA) is 71.2 Å². The molecule has 140 valence electrons. The first-order chi connectivity index (χ1) is 11.6. The van der Waals surface area contributed by atoms with Gasteiger partial charge in [-0.3, -0.25) is 0 Å². The molecular formula is C16H28IN7S. The second kappa shape index (κ2) is 11.4. The number of nitrogens with one attached hydrogen (secondary N) is 1. The first kappa shape index (κ1) is 21.8. The molecule has 0 unspecified atom stereocenters. The van der Waals surface area contributed by atoms with E-state index in [-0.39, 0.29) is 24.0 Å². The van der Waals surface area contributed by atoms with Crippen molar-refractivity contribution < 1.29 is 0 Å². The number of hydrogen-bond donors (Lipinski definition) is 1. The molecule has 0 fully saturated rings. The highest BCUT2D eigenvalue weighted by Crippen LogP contribution is 2.06. The van der Waals surface area contributed by atoms with Crippen molar-refractivity contribution in [3.8, 4) is 0 Å². The first-order valence-corrected chi connectivity index (χ1v) is 9.22. The van der Waals surface area contributed by atoms with Crippen molar-refractivity contribution in [2.75, 3.05) is 20.1 Å². The third-order valence-corrected chi connectivity index (χ3v) is 4.71. The maximum Gasteiger partial charge on any atom is 0.194 e. The fraction of sp³-hybridized carbons (Fsp3) is 0.625. The number of aryl methyl sites for hydroxylation is 1. The Labute approximate surface area is 171 Å². The molecule has 0 bridgehead atoms. The molecule has 1 N–H and O–H groups in total. The van der Waals surface area contributed by atoms with Crippen LogP contribution in [0.2, 0.25) is 0 Å². The van der Waals surface area contributed by atoms with Crippen LogP contribution in [-0.2, 0) is 20.0 Å². The number of aliphatic imine (C=N–C) groups is 1. The summed E-state index contributed by atoms with van der Waals surface area (Å²) >= 11 is 1.69. The number of aromatic nitrogens is 4. The lowest BCUT2D eigenvalue weighted by atomic mass is 10.3. The van der Waals surface area contributed by atoms with Crippen molar-refractivity contribution >= 4 is 41.3 Å². The Morgan fingerprint density at radius 1 is 1.40 bits per heavy atom. The lowest BCUT2D eigenvalue weighted by Crippen LogP contribution is -2.40. The third-order valence-electron chi connectivity index (χ3n) is 3.87. The SMILES string of the molecule is CCCCNC(=NCc1nnc(C)n1C)N(C)CCc1nccs1.I. The monoisotopic (exact) mass is 477 g/mol. The van der Waals surface area contributed by atoms with Crippen molar-refractivity contribution in [2.45, 2.75) is 39.7 Å². The van der Waals surface area contributed by atoms with Crippen molar-refractivity contribution in [1.82, 2.24) is 30.0 Å². The van der Waals surface area contributed by atoms with Crippen molar-refractivity contribution in [2.24, 2.45) is 12.0 Å². The van der Waals surface area contributed by atoms with Crippen LogP contribution < -0.4 is 5.32 Å². The Kier molecular flexibility index (Phi) is 9.94. The van der Waals surface area contributed by atoms with Gasteiger partial charge in [0.25, 0.3) is 0 Å². The van der Waals surface area contributed by atoms with Gasteiger partial charge < -0.3 is 14.8 Å². The van der Waals surface area contributed by atoms with E-state index in [2.05, 4.69) is 39.4 Å². The van der Waals surface area contributed by atoms with Gasteiger partial charge >= 0.3 is 0 Å². The van der Waals surface area contributed by atoms with Crippen LogP contribution >= 0.6 is 35.3 Å². The van der Waals surface area contributed by atoms with Gasteiger partial charge in [-0.2, -0.15) is 0 Å². The van der Waals surface area contributed by atoms with Gasteiger partial charge in [0, 0.05) is 45.2 Å². The van der Waals surface area contributed by atoms with Crippen LogP contribution in [0.25, 0.3) is 0 Å². The second-order valence-corrected chi connectivity index (χ2v) is 6.72. The summed E-state index contributed by atoms with van der Waals surface area (Å²) in [5, 5.41) is 14.9. The molecular weight excluding hydrogens is 449 g/mol. The minimum absolute atomic E-state index is 0. The normalized spacial score (nSPS) is 11.3. The summed E-state index contributed by atoms with van der Waals surface area (Å²) in [4.78, 5) is 11.2. The van der Waals surface area contributed by atoms with Crippen molar-refractivity contribution in [3.05, 3.63) is 28.2 Å². The number of likely N-dealkylation sites (N-methyl/N-ethyl adjacent to an activating group) is 1. The minimum Gasteiger partial charge on any atom is -0.356 e. The number of thiazole rings is 1. The first-order valence-electron chi connectivity index (χ1n) is 8.34. The van der Waals surface area contributed by atoms with Crippen LogP contribution in [0.1, 0.15) is 36.4 Å². The van der Waals surface area contributed by atoms with Crippen LogP contribution in [0.5, 0.6) is 0 Å². The maximum atomic E-state index is 4.73. The number of hydrogen-bond acceptors (Lipinski definition) is 5. The quantitative estimate of drug-likeness (QED) is 0.274. The summed E-state index contributed by atoms with van der Waals surface area (Å²) in [5.41, 5.74) is 0. The molecule has 2 heterocycles. The van der Waals surface area contributed by atoms with Gasteiger partial charge in [-0.15, -0.1) is 45.5 Å². The molecule has 0 saturated carbocycles. The molecule has 0 aliphatic carbocycles. The Morgan fingerprint density at radius 3 is 2.80 bits per heavy atom. The van der Waals surface area contributed by atoms with Gasteiger partial charge in [-0.25, -0.2) is 9.98 Å². The molecule has 0 atom stereocenters. The number of halogens is 1. The molecule has 2 aromatic rings. The van der Waals surface area contributed by atoms with Gasteiger partial charge in [-0.05, 0) is 13.3 Å². The lowest BCUT2D eigenvalue weighted by molar-refractivity contribution is 0.480. The van der Waals surface area contributed by atoms with Crippen LogP contribution in [-0.4, -0.2) is 50.7 Å². The highest BCUT2D eigenvalue weighted by Gasteiger charge is 2.09. The van der Waals surface area contributed by atoms with E-state index >= 15 is 0 Å². The summed E-state index contributed by atoms with van der Waals surface area (Å²) in [6, 6.07) is 0. The van der Waals surface area contributed by atoms with Crippen LogP contribution in [0.4, 0.5) is 0 Å². The van der Waals surface area contributed by atoms with Crippen LogP contribution in [0, 0.1) is 6.92 Å². The third kappa shape index (κ3) is 6.89. The molecule has 2 rings (SSSR count). The van der Waals surface area contributed by atoms with Crippen LogP contribution in [0.3, 0.4) is 0 Å². The zero-order valence-electron chi connectivity index (χ0n) is 15.4. The summed E-state index contributed by atoms with van der Waals surface area (Å²) < 4.78 is 1.97. The smallest absolute Gasteiger partial charge is 0.194 e. The molecule has 0 aliphatic rings. The summed E-state index contributed by atoms with van der Waals surface area (Å²) in [5.74, 6) is 2.68. The number of guanidine groups is 1. The molecule has 2 aromatic heterocycles. The highest BCUT2D eigenvalue weighted by atomic mass is 127. The number of unbranched alkanes of at least 4 members (excludes halogenated alkanes) is 1. The molecule has 7 nitrogen and oxygen atoms in total. The lowest BCUT2D eigenvalue weighted by Gasteiger charge is -2.22.